The van der Waals surface area contributed by atoms with Crippen LogP contribution in [0, 0.1) is 5.82 Å². The molecule has 0 spiro atoms. The smallest absolute Gasteiger partial charge is 0.336 e. The zero-order valence-electron chi connectivity index (χ0n) is 11.7. The fraction of sp³-hybridized carbons (Fsp3) is 0. The van der Waals surface area contributed by atoms with E-state index in [4.69, 9.17) is 4.42 Å². The molecule has 0 bridgehead atoms. The summed E-state index contributed by atoms with van der Waals surface area (Å²) in [7, 11) is 0. The predicted octanol–water partition coefficient (Wildman–Crippen LogP) is 4.62. The Balaban J connectivity index is 2.03. The fourth-order valence-corrected chi connectivity index (χ4v) is 2.14. The normalized spacial score (nSPS) is 11.0. The maximum atomic E-state index is 13.0. The van der Waals surface area contributed by atoms with Crippen LogP contribution in [0.2, 0.25) is 0 Å². The van der Waals surface area contributed by atoms with Crippen molar-refractivity contribution in [2.24, 2.45) is 0 Å². The zero-order valence-corrected chi connectivity index (χ0v) is 11.7. The van der Waals surface area contributed by atoms with Crippen molar-refractivity contribution in [3.63, 3.8) is 0 Å². The topological polar surface area (TPSA) is 30.2 Å². The molecule has 22 heavy (non-hydrogen) atoms. The molecule has 3 heteroatoms. The van der Waals surface area contributed by atoms with Crippen molar-refractivity contribution >= 4 is 12.2 Å². The average molecular weight is 292 g/mol. The van der Waals surface area contributed by atoms with Crippen molar-refractivity contribution in [1.29, 1.82) is 0 Å². The third kappa shape index (κ3) is 3.20. The van der Waals surface area contributed by atoms with Gasteiger partial charge in [0, 0.05) is 17.2 Å². The van der Waals surface area contributed by atoms with Gasteiger partial charge in [-0.15, -0.1) is 0 Å². The SMILES string of the molecule is O=c1ccc(/C=C/c2ccccc2)c(-c2ccc(F)cc2)o1. The molecular weight excluding hydrogens is 279 g/mol. The second kappa shape index (κ2) is 6.22. The minimum atomic E-state index is -0.434. The lowest BCUT2D eigenvalue weighted by Crippen LogP contribution is -1.98. The predicted molar refractivity (Wildman–Crippen MR) is 85.7 cm³/mol. The first-order valence-corrected chi connectivity index (χ1v) is 6.85. The van der Waals surface area contributed by atoms with Crippen LogP contribution >= 0.6 is 0 Å². The van der Waals surface area contributed by atoms with Gasteiger partial charge in [0.05, 0.1) is 0 Å². The van der Waals surface area contributed by atoms with Gasteiger partial charge in [-0.3, -0.25) is 0 Å². The molecule has 0 saturated heterocycles. The summed E-state index contributed by atoms with van der Waals surface area (Å²) in [5.74, 6) is 0.100. The van der Waals surface area contributed by atoms with Crippen molar-refractivity contribution in [3.05, 3.63) is 94.1 Å². The van der Waals surface area contributed by atoms with E-state index in [1.54, 1.807) is 18.2 Å². The van der Waals surface area contributed by atoms with E-state index in [9.17, 15) is 9.18 Å². The number of rotatable bonds is 3. The van der Waals surface area contributed by atoms with Crippen molar-refractivity contribution in [3.8, 4) is 11.3 Å². The van der Waals surface area contributed by atoms with E-state index < -0.39 is 5.63 Å². The summed E-state index contributed by atoms with van der Waals surface area (Å²) < 4.78 is 18.3. The Labute approximate surface area is 127 Å². The molecule has 0 unspecified atom stereocenters. The van der Waals surface area contributed by atoms with Crippen LogP contribution in [0.5, 0.6) is 0 Å². The molecule has 1 aromatic heterocycles. The van der Waals surface area contributed by atoms with Gasteiger partial charge in [-0.25, -0.2) is 9.18 Å². The van der Waals surface area contributed by atoms with Crippen molar-refractivity contribution < 1.29 is 8.81 Å². The van der Waals surface area contributed by atoms with Crippen molar-refractivity contribution in [1.82, 2.24) is 0 Å². The lowest BCUT2D eigenvalue weighted by molar-refractivity contribution is 0.524. The highest BCUT2D eigenvalue weighted by atomic mass is 19.1. The van der Waals surface area contributed by atoms with Crippen LogP contribution in [0.3, 0.4) is 0 Å². The van der Waals surface area contributed by atoms with E-state index in [0.717, 1.165) is 11.1 Å². The molecule has 0 amide bonds. The second-order valence-corrected chi connectivity index (χ2v) is 4.79. The zero-order chi connectivity index (χ0) is 15.4. The van der Waals surface area contributed by atoms with Gasteiger partial charge in [0.2, 0.25) is 0 Å². The van der Waals surface area contributed by atoms with Gasteiger partial charge in [0.1, 0.15) is 11.6 Å². The Bertz CT molecular complexity index is 847. The molecule has 3 rings (SSSR count). The summed E-state index contributed by atoms with van der Waals surface area (Å²) in [4.78, 5) is 11.5. The van der Waals surface area contributed by atoms with Crippen LogP contribution in [0.25, 0.3) is 23.5 Å². The highest BCUT2D eigenvalue weighted by molar-refractivity contribution is 5.77. The lowest BCUT2D eigenvalue weighted by atomic mass is 10.1. The Morgan fingerprint density at radius 3 is 2.27 bits per heavy atom. The van der Waals surface area contributed by atoms with Gasteiger partial charge < -0.3 is 4.42 Å². The first-order chi connectivity index (χ1) is 10.7. The van der Waals surface area contributed by atoms with Gasteiger partial charge >= 0.3 is 5.63 Å². The molecule has 0 fully saturated rings. The molecule has 2 nitrogen and oxygen atoms in total. The molecule has 0 aliphatic carbocycles. The third-order valence-electron chi connectivity index (χ3n) is 3.23. The number of benzene rings is 2. The molecule has 0 aliphatic heterocycles. The summed E-state index contributed by atoms with van der Waals surface area (Å²) in [5.41, 5.74) is 2.02. The lowest BCUT2D eigenvalue weighted by Gasteiger charge is -2.04. The summed E-state index contributed by atoms with van der Waals surface area (Å²) in [5, 5.41) is 0. The second-order valence-electron chi connectivity index (χ2n) is 4.79. The first-order valence-electron chi connectivity index (χ1n) is 6.85. The van der Waals surface area contributed by atoms with E-state index in [1.807, 2.05) is 42.5 Å². The Kier molecular flexibility index (Phi) is 3.97. The van der Waals surface area contributed by atoms with Crippen LogP contribution in [-0.2, 0) is 0 Å². The van der Waals surface area contributed by atoms with E-state index in [1.165, 1.54) is 18.2 Å². The van der Waals surface area contributed by atoms with Crippen LogP contribution < -0.4 is 5.63 Å². The van der Waals surface area contributed by atoms with Crippen molar-refractivity contribution in [2.45, 2.75) is 0 Å². The van der Waals surface area contributed by atoms with E-state index in [-0.39, 0.29) is 5.82 Å². The molecule has 0 aliphatic rings. The van der Waals surface area contributed by atoms with E-state index >= 15 is 0 Å². The van der Waals surface area contributed by atoms with Crippen LogP contribution in [0.15, 0.2) is 75.9 Å². The summed E-state index contributed by atoms with van der Waals surface area (Å²) in [6.07, 6.45) is 3.80. The Morgan fingerprint density at radius 1 is 0.818 bits per heavy atom. The fourth-order valence-electron chi connectivity index (χ4n) is 2.14. The number of halogens is 1. The van der Waals surface area contributed by atoms with Gasteiger partial charge in [-0.05, 0) is 35.9 Å². The molecule has 3 aromatic rings. The molecule has 0 N–H and O–H groups in total. The van der Waals surface area contributed by atoms with E-state index in [0.29, 0.717) is 11.3 Å². The molecule has 0 saturated carbocycles. The molecule has 1 heterocycles. The van der Waals surface area contributed by atoms with Crippen molar-refractivity contribution in [2.75, 3.05) is 0 Å². The van der Waals surface area contributed by atoms with Gasteiger partial charge in [-0.2, -0.15) is 0 Å². The first kappa shape index (κ1) is 14.0. The molecule has 0 radical (unpaired) electrons. The summed E-state index contributed by atoms with van der Waals surface area (Å²) in [6.45, 7) is 0. The number of hydrogen-bond donors (Lipinski definition) is 0. The highest BCUT2D eigenvalue weighted by Gasteiger charge is 2.07. The number of hydrogen-bond acceptors (Lipinski definition) is 2. The van der Waals surface area contributed by atoms with Gasteiger partial charge in [0.25, 0.3) is 0 Å². The van der Waals surface area contributed by atoms with Gasteiger partial charge in [-0.1, -0.05) is 42.5 Å². The summed E-state index contributed by atoms with van der Waals surface area (Å²) in [6, 6.07) is 18.7. The van der Waals surface area contributed by atoms with Crippen LogP contribution in [0.4, 0.5) is 4.39 Å². The molecule has 2 aromatic carbocycles. The molecule has 0 atom stereocenters. The maximum absolute atomic E-state index is 13.0. The van der Waals surface area contributed by atoms with Crippen LogP contribution in [0.1, 0.15) is 11.1 Å². The molecular formula is C19H13FO2. The highest BCUT2D eigenvalue weighted by Crippen LogP contribution is 2.24. The monoisotopic (exact) mass is 292 g/mol. The Hall–Kier alpha value is -2.94. The third-order valence-corrected chi connectivity index (χ3v) is 3.23. The van der Waals surface area contributed by atoms with E-state index in [2.05, 4.69) is 0 Å². The minimum Gasteiger partial charge on any atom is -0.422 e. The Morgan fingerprint density at radius 2 is 1.55 bits per heavy atom. The largest absolute Gasteiger partial charge is 0.422 e. The average Bonchev–Trinajstić information content (AvgIpc) is 2.55. The molecule has 108 valence electrons. The quantitative estimate of drug-likeness (QED) is 0.705. The maximum Gasteiger partial charge on any atom is 0.336 e. The summed E-state index contributed by atoms with van der Waals surface area (Å²) >= 11 is 0. The van der Waals surface area contributed by atoms with Crippen LogP contribution in [-0.4, -0.2) is 0 Å². The standard InChI is InChI=1S/C19H13FO2/c20-17-11-8-16(9-12-17)19-15(10-13-18(21)22-19)7-6-14-4-2-1-3-5-14/h1-13H/b7-6+. The minimum absolute atomic E-state index is 0.330. The van der Waals surface area contributed by atoms with Gasteiger partial charge in [0.15, 0.2) is 0 Å².